The van der Waals surface area contributed by atoms with Crippen LogP contribution in [0.25, 0.3) is 11.5 Å². The van der Waals surface area contributed by atoms with E-state index in [1.165, 1.54) is 10.6 Å². The number of anilines is 1. The van der Waals surface area contributed by atoms with Crippen molar-refractivity contribution in [3.8, 4) is 17.2 Å². The Balaban J connectivity index is 1.35. The number of nitrogens with one attached hydrogen (secondary N) is 1. The fraction of sp³-hybridized carbons (Fsp3) is 0.300. The zero-order valence-corrected chi connectivity index (χ0v) is 14.9. The molecule has 0 amide bonds. The predicted octanol–water partition coefficient (Wildman–Crippen LogP) is 1.65. The van der Waals surface area contributed by atoms with E-state index in [1.54, 1.807) is 7.11 Å². The average molecular weight is 351 g/mol. The van der Waals surface area contributed by atoms with E-state index in [1.807, 2.05) is 42.5 Å². The molecule has 2 heterocycles. The number of rotatable bonds is 5. The molecule has 0 spiro atoms. The summed E-state index contributed by atoms with van der Waals surface area (Å²) in [6.07, 6.45) is 0. The molecule has 1 aliphatic heterocycles. The molecule has 4 rings (SSSR count). The van der Waals surface area contributed by atoms with Gasteiger partial charge in [0.15, 0.2) is 6.54 Å². The van der Waals surface area contributed by atoms with E-state index in [0.717, 1.165) is 44.0 Å². The van der Waals surface area contributed by atoms with Crippen molar-refractivity contribution in [1.29, 1.82) is 0 Å². The van der Waals surface area contributed by atoms with Gasteiger partial charge in [-0.3, -0.25) is 0 Å². The maximum absolute atomic E-state index is 5.84. The smallest absolute Gasteiger partial charge is 0.271 e. The molecule has 6 heteroatoms. The van der Waals surface area contributed by atoms with Crippen molar-refractivity contribution in [2.24, 2.45) is 0 Å². The molecular formula is C20H23N4O2+. The lowest BCUT2D eigenvalue weighted by molar-refractivity contribution is -0.915. The largest absolute Gasteiger partial charge is 0.497 e. The highest BCUT2D eigenvalue weighted by Crippen LogP contribution is 2.21. The second-order valence-corrected chi connectivity index (χ2v) is 6.48. The SMILES string of the molecule is COc1cccc(N2CC[NH+](Cc3nnc(-c4ccccc4)o3)CC2)c1. The minimum Gasteiger partial charge on any atom is -0.497 e. The summed E-state index contributed by atoms with van der Waals surface area (Å²) < 4.78 is 11.2. The number of hydrogen-bond acceptors (Lipinski definition) is 5. The van der Waals surface area contributed by atoms with Crippen molar-refractivity contribution < 1.29 is 14.1 Å². The van der Waals surface area contributed by atoms with Crippen LogP contribution in [0.4, 0.5) is 5.69 Å². The number of hydrogen-bond donors (Lipinski definition) is 1. The Morgan fingerprint density at radius 2 is 1.85 bits per heavy atom. The normalized spacial score (nSPS) is 15.2. The molecule has 3 aromatic rings. The van der Waals surface area contributed by atoms with Crippen LogP contribution in [0.2, 0.25) is 0 Å². The second-order valence-electron chi connectivity index (χ2n) is 6.48. The molecule has 0 bridgehead atoms. The number of methoxy groups -OCH3 is 1. The molecule has 26 heavy (non-hydrogen) atoms. The zero-order valence-electron chi connectivity index (χ0n) is 14.9. The third-order valence-corrected chi connectivity index (χ3v) is 4.78. The van der Waals surface area contributed by atoms with Crippen LogP contribution in [0.1, 0.15) is 5.89 Å². The lowest BCUT2D eigenvalue weighted by Crippen LogP contribution is -3.13. The monoisotopic (exact) mass is 351 g/mol. The Kier molecular flexibility index (Phi) is 4.84. The highest BCUT2D eigenvalue weighted by molar-refractivity contribution is 5.52. The van der Waals surface area contributed by atoms with Gasteiger partial charge in [0, 0.05) is 17.3 Å². The zero-order chi connectivity index (χ0) is 17.8. The Bertz CT molecular complexity index is 842. The maximum atomic E-state index is 5.84. The van der Waals surface area contributed by atoms with E-state index in [2.05, 4.69) is 27.2 Å². The first kappa shape index (κ1) is 16.6. The number of benzene rings is 2. The minimum atomic E-state index is 0.593. The van der Waals surface area contributed by atoms with Gasteiger partial charge in [0.2, 0.25) is 5.89 Å². The average Bonchev–Trinajstić information content (AvgIpc) is 3.18. The minimum absolute atomic E-state index is 0.593. The summed E-state index contributed by atoms with van der Waals surface area (Å²) in [4.78, 5) is 3.86. The van der Waals surface area contributed by atoms with E-state index < -0.39 is 0 Å². The molecule has 0 atom stereocenters. The van der Waals surface area contributed by atoms with Gasteiger partial charge in [0.1, 0.15) is 5.75 Å². The first-order chi connectivity index (χ1) is 12.8. The van der Waals surface area contributed by atoms with E-state index in [4.69, 9.17) is 9.15 Å². The molecule has 1 N–H and O–H groups in total. The number of aromatic nitrogens is 2. The molecule has 0 unspecified atom stereocenters. The molecule has 0 saturated carbocycles. The number of piperazine rings is 1. The number of quaternary nitrogens is 1. The lowest BCUT2D eigenvalue weighted by Gasteiger charge is -2.33. The van der Waals surface area contributed by atoms with Crippen LogP contribution in [0.15, 0.2) is 59.0 Å². The third kappa shape index (κ3) is 3.70. The van der Waals surface area contributed by atoms with Crippen molar-refractivity contribution >= 4 is 5.69 Å². The van der Waals surface area contributed by atoms with Gasteiger partial charge in [-0.2, -0.15) is 0 Å². The third-order valence-electron chi connectivity index (χ3n) is 4.78. The molecular weight excluding hydrogens is 328 g/mol. The summed E-state index contributed by atoms with van der Waals surface area (Å²) in [5, 5.41) is 8.40. The molecule has 0 radical (unpaired) electrons. The quantitative estimate of drug-likeness (QED) is 0.758. The van der Waals surface area contributed by atoms with Gasteiger partial charge in [0.25, 0.3) is 5.89 Å². The molecule has 1 aliphatic rings. The Morgan fingerprint density at radius 1 is 1.04 bits per heavy atom. The molecule has 0 aliphatic carbocycles. The van der Waals surface area contributed by atoms with E-state index in [-0.39, 0.29) is 0 Å². The summed E-state index contributed by atoms with van der Waals surface area (Å²) in [5.74, 6) is 2.19. The summed E-state index contributed by atoms with van der Waals surface area (Å²) in [5.41, 5.74) is 2.18. The molecule has 2 aromatic carbocycles. The van der Waals surface area contributed by atoms with Crippen LogP contribution in [0, 0.1) is 0 Å². The highest BCUT2D eigenvalue weighted by atomic mass is 16.5. The van der Waals surface area contributed by atoms with Crippen molar-refractivity contribution in [2.45, 2.75) is 6.54 Å². The van der Waals surface area contributed by atoms with Crippen LogP contribution in [-0.2, 0) is 6.54 Å². The number of nitrogens with zero attached hydrogens (tertiary/aromatic N) is 3. The van der Waals surface area contributed by atoms with Gasteiger partial charge in [-0.05, 0) is 24.3 Å². The highest BCUT2D eigenvalue weighted by Gasteiger charge is 2.22. The molecule has 1 saturated heterocycles. The summed E-state index contributed by atoms with van der Waals surface area (Å²) in [6, 6.07) is 18.1. The summed E-state index contributed by atoms with van der Waals surface area (Å²) >= 11 is 0. The maximum Gasteiger partial charge on any atom is 0.271 e. The van der Waals surface area contributed by atoms with Gasteiger partial charge in [-0.1, -0.05) is 24.3 Å². The molecule has 1 fully saturated rings. The van der Waals surface area contributed by atoms with E-state index in [0.29, 0.717) is 11.8 Å². The van der Waals surface area contributed by atoms with Gasteiger partial charge < -0.3 is 19.0 Å². The van der Waals surface area contributed by atoms with Crippen molar-refractivity contribution in [1.82, 2.24) is 10.2 Å². The van der Waals surface area contributed by atoms with Crippen molar-refractivity contribution in [3.05, 3.63) is 60.5 Å². The van der Waals surface area contributed by atoms with Crippen LogP contribution in [-0.4, -0.2) is 43.5 Å². The van der Waals surface area contributed by atoms with Gasteiger partial charge in [-0.25, -0.2) is 0 Å². The fourth-order valence-corrected chi connectivity index (χ4v) is 3.30. The summed E-state index contributed by atoms with van der Waals surface area (Å²) in [7, 11) is 1.70. The molecule has 134 valence electrons. The first-order valence-corrected chi connectivity index (χ1v) is 8.92. The molecule has 1 aromatic heterocycles. The van der Waals surface area contributed by atoms with Crippen molar-refractivity contribution in [3.63, 3.8) is 0 Å². The van der Waals surface area contributed by atoms with E-state index >= 15 is 0 Å². The van der Waals surface area contributed by atoms with Crippen LogP contribution in [0.5, 0.6) is 5.75 Å². The topological polar surface area (TPSA) is 55.8 Å². The lowest BCUT2D eigenvalue weighted by atomic mass is 10.2. The second kappa shape index (κ2) is 7.58. The first-order valence-electron chi connectivity index (χ1n) is 8.92. The van der Waals surface area contributed by atoms with E-state index in [9.17, 15) is 0 Å². The van der Waals surface area contributed by atoms with Gasteiger partial charge in [-0.15, -0.1) is 10.2 Å². The van der Waals surface area contributed by atoms with Crippen LogP contribution >= 0.6 is 0 Å². The Morgan fingerprint density at radius 3 is 2.62 bits per heavy atom. The van der Waals surface area contributed by atoms with Crippen molar-refractivity contribution in [2.75, 3.05) is 38.2 Å². The molecule has 6 nitrogen and oxygen atoms in total. The standard InChI is InChI=1S/C20H22N4O2/c1-25-18-9-5-8-17(14-18)24-12-10-23(11-13-24)15-19-21-22-20(26-19)16-6-3-2-4-7-16/h2-9,14H,10-13,15H2,1H3/p+1. The Hall–Kier alpha value is -2.86. The summed E-state index contributed by atoms with van der Waals surface area (Å²) in [6.45, 7) is 4.86. The van der Waals surface area contributed by atoms with Crippen LogP contribution in [0.3, 0.4) is 0 Å². The van der Waals surface area contributed by atoms with Gasteiger partial charge in [0.05, 0.1) is 33.3 Å². The van der Waals surface area contributed by atoms with Gasteiger partial charge >= 0.3 is 0 Å². The predicted molar refractivity (Wildman–Crippen MR) is 99.3 cm³/mol. The fourth-order valence-electron chi connectivity index (χ4n) is 3.30. The van der Waals surface area contributed by atoms with Crippen LogP contribution < -0.4 is 14.5 Å². The Labute approximate surface area is 153 Å². The number of ether oxygens (including phenoxy) is 1.